The van der Waals surface area contributed by atoms with E-state index >= 15 is 0 Å². The monoisotopic (exact) mass is 210 g/mol. The fourth-order valence-electron chi connectivity index (χ4n) is 1.19. The Morgan fingerprint density at radius 2 is 1.86 bits per heavy atom. The molecule has 0 fully saturated rings. The second kappa shape index (κ2) is 5.05. The molecule has 0 heterocycles. The molecule has 2 nitrogen and oxygen atoms in total. The van der Waals surface area contributed by atoms with Crippen molar-refractivity contribution in [1.29, 1.82) is 0 Å². The van der Waals surface area contributed by atoms with Crippen molar-refractivity contribution in [3.63, 3.8) is 0 Å². The van der Waals surface area contributed by atoms with Crippen LogP contribution in [0, 0.1) is 0 Å². The third kappa shape index (κ3) is 3.07. The van der Waals surface area contributed by atoms with Crippen molar-refractivity contribution in [1.82, 2.24) is 0 Å². The summed E-state index contributed by atoms with van der Waals surface area (Å²) in [6.07, 6.45) is 2.51. The fraction of sp³-hybridized carbons (Fsp3) is 0.364. The van der Waals surface area contributed by atoms with Gasteiger partial charge in [0.1, 0.15) is 0 Å². The molecule has 1 aromatic carbocycles. The lowest BCUT2D eigenvalue weighted by molar-refractivity contribution is 0.102. The van der Waals surface area contributed by atoms with E-state index in [9.17, 15) is 9.00 Å². The van der Waals surface area contributed by atoms with Crippen molar-refractivity contribution in [2.45, 2.75) is 13.3 Å². The van der Waals surface area contributed by atoms with Crippen LogP contribution >= 0.6 is 0 Å². The number of Topliss-reactive ketones (excluding diaryl/α,β-unsaturated/α-hetero) is 1. The lowest BCUT2D eigenvalue weighted by Gasteiger charge is -2.00. The van der Waals surface area contributed by atoms with Crippen LogP contribution in [0.1, 0.15) is 22.8 Å². The normalized spacial score (nSPS) is 12.4. The SMILES string of the molecule is CCc1ccc(C(=O)CS(C)=O)cc1. The minimum atomic E-state index is -1.05. The predicted molar refractivity (Wildman–Crippen MR) is 59.1 cm³/mol. The zero-order valence-corrected chi connectivity index (χ0v) is 9.26. The summed E-state index contributed by atoms with van der Waals surface area (Å²) in [5.74, 6) is 0.0688. The zero-order chi connectivity index (χ0) is 10.6. The zero-order valence-electron chi connectivity index (χ0n) is 8.45. The molecule has 0 aliphatic carbocycles. The van der Waals surface area contributed by atoms with Crippen molar-refractivity contribution < 1.29 is 9.00 Å². The molecule has 0 aromatic heterocycles. The van der Waals surface area contributed by atoms with Crippen molar-refractivity contribution in [3.8, 4) is 0 Å². The molecule has 1 aromatic rings. The third-order valence-electron chi connectivity index (χ3n) is 2.02. The lowest BCUT2D eigenvalue weighted by Crippen LogP contribution is -2.09. The number of hydrogen-bond acceptors (Lipinski definition) is 2. The molecule has 0 bridgehead atoms. The highest BCUT2D eigenvalue weighted by atomic mass is 32.2. The second-order valence-electron chi connectivity index (χ2n) is 3.19. The van der Waals surface area contributed by atoms with Gasteiger partial charge in [0.2, 0.25) is 0 Å². The summed E-state index contributed by atoms with van der Waals surface area (Å²) in [7, 11) is -1.05. The fourth-order valence-corrected chi connectivity index (χ4v) is 1.73. The van der Waals surface area contributed by atoms with Gasteiger partial charge < -0.3 is 0 Å². The third-order valence-corrected chi connectivity index (χ3v) is 2.69. The number of benzene rings is 1. The van der Waals surface area contributed by atoms with Gasteiger partial charge in [0.15, 0.2) is 5.78 Å². The van der Waals surface area contributed by atoms with Gasteiger partial charge in [-0.3, -0.25) is 9.00 Å². The molecule has 3 heteroatoms. The second-order valence-corrected chi connectivity index (χ2v) is 4.63. The summed E-state index contributed by atoms with van der Waals surface area (Å²) in [4.78, 5) is 11.5. The average molecular weight is 210 g/mol. The highest BCUT2D eigenvalue weighted by Gasteiger charge is 2.06. The van der Waals surface area contributed by atoms with E-state index in [1.807, 2.05) is 12.1 Å². The topological polar surface area (TPSA) is 34.1 Å². The van der Waals surface area contributed by atoms with Gasteiger partial charge in [-0.1, -0.05) is 31.2 Å². The molecule has 1 rings (SSSR count). The molecule has 76 valence electrons. The van der Waals surface area contributed by atoms with Gasteiger partial charge in [0.25, 0.3) is 0 Å². The van der Waals surface area contributed by atoms with Gasteiger partial charge in [0.05, 0.1) is 5.75 Å². The summed E-state index contributed by atoms with van der Waals surface area (Å²) >= 11 is 0. The van der Waals surface area contributed by atoms with E-state index in [4.69, 9.17) is 0 Å². The lowest BCUT2D eigenvalue weighted by atomic mass is 10.1. The van der Waals surface area contributed by atoms with Crippen molar-refractivity contribution >= 4 is 16.6 Å². The maximum Gasteiger partial charge on any atom is 0.175 e. The largest absolute Gasteiger partial charge is 0.293 e. The van der Waals surface area contributed by atoms with Crippen molar-refractivity contribution in [3.05, 3.63) is 35.4 Å². The predicted octanol–water partition coefficient (Wildman–Crippen LogP) is 1.81. The maximum atomic E-state index is 11.5. The summed E-state index contributed by atoms with van der Waals surface area (Å²) in [6.45, 7) is 2.07. The number of ketones is 1. The summed E-state index contributed by atoms with van der Waals surface area (Å²) in [5.41, 5.74) is 1.86. The smallest absolute Gasteiger partial charge is 0.175 e. The molecule has 0 aliphatic rings. The molecule has 1 atom stereocenters. The van der Waals surface area contributed by atoms with Crippen LogP contribution in [0.25, 0.3) is 0 Å². The first-order valence-corrected chi connectivity index (χ1v) is 6.28. The Kier molecular flexibility index (Phi) is 4.01. The van der Waals surface area contributed by atoms with Crippen molar-refractivity contribution in [2.75, 3.05) is 12.0 Å². The molecule has 0 saturated carbocycles. The molecular weight excluding hydrogens is 196 g/mol. The minimum Gasteiger partial charge on any atom is -0.293 e. The number of hydrogen-bond donors (Lipinski definition) is 0. The van der Waals surface area contributed by atoms with E-state index in [0.29, 0.717) is 5.56 Å². The standard InChI is InChI=1S/C11H14O2S/c1-3-9-4-6-10(7-5-9)11(12)8-14(2)13/h4-7H,3,8H2,1-2H3. The summed E-state index contributed by atoms with van der Waals surface area (Å²) in [5, 5.41) is 0. The first-order valence-electron chi connectivity index (χ1n) is 4.55. The Morgan fingerprint density at radius 1 is 1.29 bits per heavy atom. The summed E-state index contributed by atoms with van der Waals surface area (Å²) in [6, 6.07) is 7.47. The Bertz CT molecular complexity index is 341. The highest BCUT2D eigenvalue weighted by molar-refractivity contribution is 7.85. The Morgan fingerprint density at radius 3 is 2.29 bits per heavy atom. The van der Waals surface area contributed by atoms with Crippen LogP contribution in [-0.2, 0) is 17.2 Å². The molecule has 0 spiro atoms. The maximum absolute atomic E-state index is 11.5. The van der Waals surface area contributed by atoms with Gasteiger partial charge in [-0.25, -0.2) is 0 Å². The summed E-state index contributed by atoms with van der Waals surface area (Å²) < 4.78 is 10.8. The number of rotatable bonds is 4. The Labute approximate surface area is 86.8 Å². The minimum absolute atomic E-state index is 0.0477. The molecule has 0 amide bonds. The first kappa shape index (κ1) is 11.1. The molecule has 0 saturated heterocycles. The van der Waals surface area contributed by atoms with Gasteiger partial charge >= 0.3 is 0 Å². The molecule has 0 radical (unpaired) electrons. The van der Waals surface area contributed by atoms with Crippen LogP contribution in [0.5, 0.6) is 0 Å². The van der Waals surface area contributed by atoms with Crippen LogP contribution in [-0.4, -0.2) is 22.0 Å². The van der Waals surface area contributed by atoms with Gasteiger partial charge in [-0.15, -0.1) is 0 Å². The highest BCUT2D eigenvalue weighted by Crippen LogP contribution is 2.06. The number of carbonyl (C=O) groups excluding carboxylic acids is 1. The van der Waals surface area contributed by atoms with E-state index in [1.54, 1.807) is 12.1 Å². The quantitative estimate of drug-likeness (QED) is 0.710. The molecular formula is C11H14O2S. The van der Waals surface area contributed by atoms with Crippen LogP contribution in [0.15, 0.2) is 24.3 Å². The van der Waals surface area contributed by atoms with E-state index in [2.05, 4.69) is 6.92 Å². The van der Waals surface area contributed by atoms with Crippen LogP contribution in [0.2, 0.25) is 0 Å². The van der Waals surface area contributed by atoms with Gasteiger partial charge in [0, 0.05) is 22.6 Å². The van der Waals surface area contributed by atoms with Crippen LogP contribution in [0.4, 0.5) is 0 Å². The Balaban J connectivity index is 2.76. The van der Waals surface area contributed by atoms with Crippen molar-refractivity contribution in [2.24, 2.45) is 0 Å². The molecule has 0 N–H and O–H groups in total. The van der Waals surface area contributed by atoms with E-state index in [-0.39, 0.29) is 11.5 Å². The molecule has 0 aliphatic heterocycles. The molecule has 14 heavy (non-hydrogen) atoms. The van der Waals surface area contributed by atoms with E-state index < -0.39 is 10.8 Å². The van der Waals surface area contributed by atoms with Gasteiger partial charge in [-0.05, 0) is 12.0 Å². The van der Waals surface area contributed by atoms with Gasteiger partial charge in [-0.2, -0.15) is 0 Å². The van der Waals surface area contributed by atoms with E-state index in [0.717, 1.165) is 6.42 Å². The van der Waals surface area contributed by atoms with Crippen LogP contribution < -0.4 is 0 Å². The number of aryl methyl sites for hydroxylation is 1. The Hall–Kier alpha value is -0.960. The average Bonchev–Trinajstić information content (AvgIpc) is 2.17. The van der Waals surface area contributed by atoms with E-state index in [1.165, 1.54) is 11.8 Å². The van der Waals surface area contributed by atoms with Crippen LogP contribution in [0.3, 0.4) is 0 Å². The first-order chi connectivity index (χ1) is 6.63. The number of carbonyl (C=O) groups is 1. The molecule has 1 unspecified atom stereocenters.